The zero-order chi connectivity index (χ0) is 27.3. The number of amides is 2. The average Bonchev–Trinajstić information content (AvgIpc) is 2.83. The topological polar surface area (TPSA) is 99.2 Å². The van der Waals surface area contributed by atoms with Gasteiger partial charge in [-0.1, -0.05) is 24.8 Å². The van der Waals surface area contributed by atoms with E-state index in [1.54, 1.807) is 38.2 Å². The van der Waals surface area contributed by atoms with E-state index in [0.29, 0.717) is 11.1 Å². The maximum Gasteiger partial charge on any atom is 0.317 e. The molecule has 0 saturated heterocycles. The lowest BCUT2D eigenvalue weighted by molar-refractivity contribution is 0.0809. The number of likely N-dealkylation sites (N-methyl/N-ethyl adjacent to an activating group) is 1. The third kappa shape index (κ3) is 7.01. The highest BCUT2D eigenvalue weighted by Crippen LogP contribution is 2.34. The van der Waals surface area contributed by atoms with Crippen LogP contribution in [0, 0.1) is 23.6 Å². The van der Waals surface area contributed by atoms with Crippen LogP contribution in [0.1, 0.15) is 38.8 Å². The Labute approximate surface area is 218 Å². The standard InChI is InChI=1S/C27H34FN3O5S/c1-18(2)29-27(33)30(5)16-25-19(3)15-31(20(4)17-32)37(34,35)26-12-11-22(14-24(26)36-25)10-9-21-7-6-8-23(28)13-21/h6-8,11-14,18-20,25,32H,15-17H2,1-5H3,(H,29,33)/t19-,20-,25+/m1/s1. The normalized spacial score (nSPS) is 19.9. The summed E-state index contributed by atoms with van der Waals surface area (Å²) < 4.78 is 48.2. The van der Waals surface area contributed by atoms with Crippen molar-refractivity contribution in [2.75, 3.05) is 26.7 Å². The first-order valence-electron chi connectivity index (χ1n) is 12.1. The molecule has 0 aliphatic carbocycles. The van der Waals surface area contributed by atoms with Crippen LogP contribution < -0.4 is 10.1 Å². The van der Waals surface area contributed by atoms with E-state index >= 15 is 0 Å². The molecule has 0 fully saturated rings. The van der Waals surface area contributed by atoms with E-state index in [9.17, 15) is 22.7 Å². The predicted octanol–water partition coefficient (Wildman–Crippen LogP) is 3.04. The highest BCUT2D eigenvalue weighted by molar-refractivity contribution is 7.89. The minimum atomic E-state index is -4.00. The van der Waals surface area contributed by atoms with Crippen molar-refractivity contribution in [2.24, 2.45) is 5.92 Å². The van der Waals surface area contributed by atoms with Crippen molar-refractivity contribution in [2.45, 2.75) is 50.8 Å². The van der Waals surface area contributed by atoms with Gasteiger partial charge in [0.05, 0.1) is 13.2 Å². The van der Waals surface area contributed by atoms with Crippen molar-refractivity contribution in [3.05, 3.63) is 59.4 Å². The van der Waals surface area contributed by atoms with Crippen LogP contribution in [0.4, 0.5) is 9.18 Å². The van der Waals surface area contributed by atoms with Crippen molar-refractivity contribution < 1.29 is 27.4 Å². The fourth-order valence-electron chi connectivity index (χ4n) is 3.94. The molecule has 2 N–H and O–H groups in total. The largest absolute Gasteiger partial charge is 0.487 e. The molecular weight excluding hydrogens is 497 g/mol. The summed E-state index contributed by atoms with van der Waals surface area (Å²) in [4.78, 5) is 14.0. The molecule has 0 spiro atoms. The van der Waals surface area contributed by atoms with E-state index in [1.807, 2.05) is 20.8 Å². The van der Waals surface area contributed by atoms with Crippen molar-refractivity contribution >= 4 is 16.1 Å². The minimum Gasteiger partial charge on any atom is -0.487 e. The number of nitrogens with zero attached hydrogens (tertiary/aromatic N) is 2. The Morgan fingerprint density at radius 1 is 1.22 bits per heavy atom. The Hall–Kier alpha value is -3.13. The van der Waals surface area contributed by atoms with Gasteiger partial charge in [0.15, 0.2) is 0 Å². The van der Waals surface area contributed by atoms with E-state index in [2.05, 4.69) is 17.2 Å². The van der Waals surface area contributed by atoms with Gasteiger partial charge in [-0.05, 0) is 57.2 Å². The number of carbonyl (C=O) groups is 1. The van der Waals surface area contributed by atoms with Gasteiger partial charge in [0.2, 0.25) is 10.0 Å². The molecule has 10 heteroatoms. The van der Waals surface area contributed by atoms with Gasteiger partial charge in [0.25, 0.3) is 0 Å². The monoisotopic (exact) mass is 531 g/mol. The number of rotatable bonds is 5. The van der Waals surface area contributed by atoms with Gasteiger partial charge in [-0.3, -0.25) is 0 Å². The molecule has 0 radical (unpaired) electrons. The number of ether oxygens (including phenoxy) is 1. The fourth-order valence-corrected chi connectivity index (χ4v) is 5.77. The number of aliphatic hydroxyl groups excluding tert-OH is 1. The number of hydrogen-bond donors (Lipinski definition) is 2. The third-order valence-corrected chi connectivity index (χ3v) is 8.08. The quantitative estimate of drug-likeness (QED) is 0.578. The van der Waals surface area contributed by atoms with Crippen molar-refractivity contribution in [1.82, 2.24) is 14.5 Å². The van der Waals surface area contributed by atoms with Crippen LogP contribution in [-0.4, -0.2) is 73.7 Å². The number of nitrogens with one attached hydrogen (secondary N) is 1. The Bertz CT molecular complexity index is 1290. The molecule has 37 heavy (non-hydrogen) atoms. The summed E-state index contributed by atoms with van der Waals surface area (Å²) in [5.41, 5.74) is 0.963. The molecule has 1 heterocycles. The Morgan fingerprint density at radius 3 is 2.51 bits per heavy atom. The molecule has 2 aromatic rings. The minimum absolute atomic E-state index is 0.0448. The summed E-state index contributed by atoms with van der Waals surface area (Å²) in [6.45, 7) is 7.19. The molecule has 200 valence electrons. The van der Waals surface area contributed by atoms with Gasteiger partial charge >= 0.3 is 6.03 Å². The van der Waals surface area contributed by atoms with Crippen molar-refractivity contribution in [3.63, 3.8) is 0 Å². The van der Waals surface area contributed by atoms with Gasteiger partial charge in [0.1, 0.15) is 22.6 Å². The first-order valence-corrected chi connectivity index (χ1v) is 13.6. The molecular formula is C27H34FN3O5S. The molecule has 2 aromatic carbocycles. The number of halogens is 1. The van der Waals surface area contributed by atoms with Crippen LogP contribution in [0.25, 0.3) is 0 Å². The van der Waals surface area contributed by atoms with Crippen molar-refractivity contribution in [1.29, 1.82) is 0 Å². The maximum absolute atomic E-state index is 13.6. The number of hydrogen-bond acceptors (Lipinski definition) is 5. The lowest BCUT2D eigenvalue weighted by atomic mass is 10.0. The van der Waals surface area contributed by atoms with Crippen LogP contribution in [-0.2, 0) is 10.0 Å². The second-order valence-electron chi connectivity index (χ2n) is 9.65. The molecule has 2 amide bonds. The Morgan fingerprint density at radius 2 is 1.89 bits per heavy atom. The number of fused-ring (bicyclic) bond motifs is 1. The summed E-state index contributed by atoms with van der Waals surface area (Å²) in [7, 11) is -2.35. The van der Waals surface area contributed by atoms with E-state index in [1.165, 1.54) is 27.4 Å². The number of benzene rings is 2. The third-order valence-electron chi connectivity index (χ3n) is 6.06. The molecule has 0 saturated carbocycles. The van der Waals surface area contributed by atoms with Crippen LogP contribution in [0.15, 0.2) is 47.4 Å². The molecule has 0 bridgehead atoms. The van der Waals surface area contributed by atoms with E-state index in [4.69, 9.17) is 4.74 Å². The van der Waals surface area contributed by atoms with E-state index in [0.717, 1.165) is 0 Å². The van der Waals surface area contributed by atoms with Gasteiger partial charge in [-0.15, -0.1) is 0 Å². The smallest absolute Gasteiger partial charge is 0.317 e. The number of urea groups is 1. The van der Waals surface area contributed by atoms with Gasteiger partial charge in [0, 0.05) is 42.7 Å². The molecule has 1 aliphatic heterocycles. The van der Waals surface area contributed by atoms with Crippen molar-refractivity contribution in [3.8, 4) is 17.6 Å². The molecule has 8 nitrogen and oxygen atoms in total. The molecule has 0 aromatic heterocycles. The second-order valence-corrected chi connectivity index (χ2v) is 11.5. The van der Waals surface area contributed by atoms with E-state index in [-0.39, 0.29) is 48.3 Å². The lowest BCUT2D eigenvalue weighted by Gasteiger charge is -2.37. The second kappa shape index (κ2) is 11.9. The van der Waals surface area contributed by atoms with Crippen LogP contribution in [0.2, 0.25) is 0 Å². The maximum atomic E-state index is 13.6. The number of carbonyl (C=O) groups excluding carboxylic acids is 1. The number of aliphatic hydroxyl groups is 1. The average molecular weight is 532 g/mol. The fraction of sp³-hybridized carbons (Fsp3) is 0.444. The van der Waals surface area contributed by atoms with Gasteiger partial charge < -0.3 is 20.1 Å². The Kier molecular flexibility index (Phi) is 9.18. The summed E-state index contributed by atoms with van der Waals surface area (Å²) in [6.07, 6.45) is -0.544. The molecule has 3 atom stereocenters. The van der Waals surface area contributed by atoms with Gasteiger partial charge in [-0.2, -0.15) is 4.31 Å². The summed E-state index contributed by atoms with van der Waals surface area (Å²) in [5, 5.41) is 12.6. The first-order chi connectivity index (χ1) is 17.4. The summed E-state index contributed by atoms with van der Waals surface area (Å²) in [6, 6.07) is 9.44. The van der Waals surface area contributed by atoms with Crippen LogP contribution >= 0.6 is 0 Å². The molecule has 1 aliphatic rings. The van der Waals surface area contributed by atoms with Gasteiger partial charge in [-0.25, -0.2) is 17.6 Å². The highest BCUT2D eigenvalue weighted by atomic mass is 32.2. The molecule has 0 unspecified atom stereocenters. The van der Waals surface area contributed by atoms with Crippen LogP contribution in [0.3, 0.4) is 0 Å². The lowest BCUT2D eigenvalue weighted by Crippen LogP contribution is -2.51. The summed E-state index contributed by atoms with van der Waals surface area (Å²) in [5.74, 6) is 5.21. The first kappa shape index (κ1) is 28.4. The zero-order valence-corrected chi connectivity index (χ0v) is 22.5. The SMILES string of the molecule is CC(C)NC(=O)N(C)C[C@@H]1Oc2cc(C#Cc3cccc(F)c3)ccc2S(=O)(=O)N([C@H](C)CO)C[C@H]1C. The van der Waals surface area contributed by atoms with E-state index < -0.39 is 28.0 Å². The zero-order valence-electron chi connectivity index (χ0n) is 21.7. The molecule has 3 rings (SSSR count). The highest BCUT2D eigenvalue weighted by Gasteiger charge is 2.38. The predicted molar refractivity (Wildman–Crippen MR) is 139 cm³/mol. The summed E-state index contributed by atoms with van der Waals surface area (Å²) >= 11 is 0. The number of sulfonamides is 1. The Balaban J connectivity index is 2.03. The van der Waals surface area contributed by atoms with Crippen LogP contribution in [0.5, 0.6) is 5.75 Å².